The molecule has 2 fully saturated rings. The Hall–Kier alpha value is 0.130. The molecule has 0 aromatic carbocycles. The third kappa shape index (κ3) is 3.80. The Morgan fingerprint density at radius 3 is 3.00 bits per heavy atom. The van der Waals surface area contributed by atoms with Gasteiger partial charge in [-0.15, -0.1) is 0 Å². The fraction of sp³-hybridized carbons (Fsp3) is 0.917. The Bertz CT molecular complexity index is 261. The highest BCUT2D eigenvalue weighted by atomic mass is 32.2. The lowest BCUT2D eigenvalue weighted by molar-refractivity contribution is -0.127. The van der Waals surface area contributed by atoms with Crippen LogP contribution in [0.15, 0.2) is 0 Å². The third-order valence-electron chi connectivity index (χ3n) is 3.50. The molecule has 2 N–H and O–H groups in total. The Morgan fingerprint density at radius 2 is 2.35 bits per heavy atom. The minimum atomic E-state index is -0.329. The first-order valence-corrected chi connectivity index (χ1v) is 8.64. The Kier molecular flexibility index (Phi) is 5.06. The highest BCUT2D eigenvalue weighted by Gasteiger charge is 2.34. The average Bonchev–Trinajstić information content (AvgIpc) is 2.38. The molecular weight excluding hydrogens is 252 g/mol. The number of thioether (sulfide) groups is 2. The molecule has 2 heterocycles. The maximum absolute atomic E-state index is 12.2. The number of hydrogen-bond donors (Lipinski definition) is 2. The van der Waals surface area contributed by atoms with Crippen LogP contribution >= 0.6 is 23.5 Å². The van der Waals surface area contributed by atoms with Gasteiger partial charge in [0.15, 0.2) is 0 Å². The molecule has 0 spiro atoms. The van der Waals surface area contributed by atoms with Crippen LogP contribution in [0.1, 0.15) is 26.2 Å². The van der Waals surface area contributed by atoms with Crippen molar-refractivity contribution in [3.05, 3.63) is 0 Å². The Morgan fingerprint density at radius 1 is 1.47 bits per heavy atom. The zero-order valence-corrected chi connectivity index (χ0v) is 12.1. The number of nitrogens with one attached hydrogen (secondary N) is 2. The number of carbonyl (C=O) groups excluding carboxylic acids is 1. The highest BCUT2D eigenvalue weighted by Crippen LogP contribution is 2.24. The number of amides is 1. The topological polar surface area (TPSA) is 41.1 Å². The summed E-state index contributed by atoms with van der Waals surface area (Å²) in [7, 11) is 0. The summed E-state index contributed by atoms with van der Waals surface area (Å²) >= 11 is 4.00. The minimum Gasteiger partial charge on any atom is -0.353 e. The van der Waals surface area contributed by atoms with E-state index in [1.807, 2.05) is 30.4 Å². The molecule has 0 saturated carbocycles. The van der Waals surface area contributed by atoms with E-state index in [9.17, 15) is 4.79 Å². The first kappa shape index (κ1) is 13.6. The van der Waals surface area contributed by atoms with Crippen molar-refractivity contribution in [2.24, 2.45) is 0 Å². The molecule has 2 aliphatic heterocycles. The molecule has 5 heteroatoms. The Labute approximate surface area is 112 Å². The van der Waals surface area contributed by atoms with Gasteiger partial charge >= 0.3 is 0 Å². The maximum atomic E-state index is 12.2. The lowest BCUT2D eigenvalue weighted by atomic mass is 9.90. The number of hydrogen-bond acceptors (Lipinski definition) is 4. The first-order chi connectivity index (χ1) is 8.21. The van der Waals surface area contributed by atoms with E-state index in [-0.39, 0.29) is 11.4 Å². The van der Waals surface area contributed by atoms with Gasteiger partial charge in [-0.3, -0.25) is 4.79 Å². The van der Waals surface area contributed by atoms with E-state index in [1.54, 1.807) is 0 Å². The molecule has 0 bridgehead atoms. The largest absolute Gasteiger partial charge is 0.353 e. The van der Waals surface area contributed by atoms with Crippen LogP contribution in [0.4, 0.5) is 0 Å². The van der Waals surface area contributed by atoms with E-state index in [0.29, 0.717) is 5.25 Å². The zero-order chi connectivity index (χ0) is 12.1. The van der Waals surface area contributed by atoms with Gasteiger partial charge in [0, 0.05) is 29.1 Å². The van der Waals surface area contributed by atoms with Crippen molar-refractivity contribution in [1.29, 1.82) is 0 Å². The fourth-order valence-electron chi connectivity index (χ4n) is 2.31. The fourth-order valence-corrected chi connectivity index (χ4v) is 4.92. The zero-order valence-electron chi connectivity index (χ0n) is 10.5. The number of rotatable bonds is 3. The molecule has 0 aliphatic carbocycles. The predicted octanol–water partition coefficient (Wildman–Crippen LogP) is 1.48. The molecule has 2 rings (SSSR count). The van der Waals surface area contributed by atoms with Gasteiger partial charge < -0.3 is 10.6 Å². The van der Waals surface area contributed by atoms with E-state index < -0.39 is 0 Å². The van der Waals surface area contributed by atoms with Gasteiger partial charge in [0.25, 0.3) is 0 Å². The standard InChI is InChI=1S/C12H22N2OS2/c1-12(4-2-3-5-14-12)11(15)13-8-10-9-16-6-7-17-10/h10,14H,2-9H2,1H3,(H,13,15). The van der Waals surface area contributed by atoms with Gasteiger partial charge in [-0.1, -0.05) is 0 Å². The van der Waals surface area contributed by atoms with Crippen molar-refractivity contribution >= 4 is 29.4 Å². The summed E-state index contributed by atoms with van der Waals surface area (Å²) in [6.45, 7) is 3.83. The SMILES string of the molecule is CC1(C(=O)NCC2CSCCS2)CCCCN1. The normalized spacial score (nSPS) is 34.3. The molecule has 0 aromatic heterocycles. The number of piperidine rings is 1. The summed E-state index contributed by atoms with van der Waals surface area (Å²) in [6.07, 6.45) is 3.31. The molecule has 2 saturated heterocycles. The van der Waals surface area contributed by atoms with Crippen molar-refractivity contribution < 1.29 is 4.79 Å². The second-order valence-corrected chi connectivity index (χ2v) is 7.55. The van der Waals surface area contributed by atoms with Gasteiger partial charge in [-0.05, 0) is 32.7 Å². The molecule has 3 nitrogen and oxygen atoms in total. The molecule has 2 atom stereocenters. The summed E-state index contributed by atoms with van der Waals surface area (Å²) in [5.41, 5.74) is -0.329. The summed E-state index contributed by atoms with van der Waals surface area (Å²) in [5.74, 6) is 3.85. The van der Waals surface area contributed by atoms with Gasteiger partial charge in [0.1, 0.15) is 0 Å². The molecule has 17 heavy (non-hydrogen) atoms. The number of carbonyl (C=O) groups is 1. The van der Waals surface area contributed by atoms with Crippen LogP contribution in [0.2, 0.25) is 0 Å². The van der Waals surface area contributed by atoms with Crippen molar-refractivity contribution in [1.82, 2.24) is 10.6 Å². The monoisotopic (exact) mass is 274 g/mol. The lowest BCUT2D eigenvalue weighted by Gasteiger charge is -2.34. The minimum absolute atomic E-state index is 0.188. The van der Waals surface area contributed by atoms with Crippen LogP contribution < -0.4 is 10.6 Å². The average molecular weight is 274 g/mol. The summed E-state index contributed by atoms with van der Waals surface area (Å²) in [4.78, 5) is 12.2. The second kappa shape index (κ2) is 6.34. The van der Waals surface area contributed by atoms with Crippen LogP contribution in [-0.2, 0) is 4.79 Å². The van der Waals surface area contributed by atoms with Gasteiger partial charge in [-0.2, -0.15) is 23.5 Å². The Balaban J connectivity index is 1.75. The van der Waals surface area contributed by atoms with E-state index in [2.05, 4.69) is 10.6 Å². The van der Waals surface area contributed by atoms with Gasteiger partial charge in [-0.25, -0.2) is 0 Å². The molecule has 0 aromatic rings. The molecular formula is C12H22N2OS2. The quantitative estimate of drug-likeness (QED) is 0.818. The molecule has 0 radical (unpaired) electrons. The van der Waals surface area contributed by atoms with Crippen LogP contribution in [0.3, 0.4) is 0 Å². The second-order valence-electron chi connectivity index (χ2n) is 4.99. The van der Waals surface area contributed by atoms with E-state index in [1.165, 1.54) is 23.7 Å². The van der Waals surface area contributed by atoms with Crippen LogP contribution in [-0.4, -0.2) is 47.0 Å². The van der Waals surface area contributed by atoms with Crippen LogP contribution in [0, 0.1) is 0 Å². The maximum Gasteiger partial charge on any atom is 0.240 e. The third-order valence-corrected chi connectivity index (χ3v) is 6.34. The van der Waals surface area contributed by atoms with Crippen LogP contribution in [0.25, 0.3) is 0 Å². The predicted molar refractivity (Wildman–Crippen MR) is 76.8 cm³/mol. The molecule has 98 valence electrons. The lowest BCUT2D eigenvalue weighted by Crippen LogP contribution is -2.57. The van der Waals surface area contributed by atoms with Gasteiger partial charge in [0.05, 0.1) is 5.54 Å². The van der Waals surface area contributed by atoms with Crippen molar-refractivity contribution in [2.45, 2.75) is 37.0 Å². The summed E-state index contributed by atoms with van der Waals surface area (Å²) in [6, 6.07) is 0. The van der Waals surface area contributed by atoms with Crippen molar-refractivity contribution in [2.75, 3.05) is 30.3 Å². The smallest absolute Gasteiger partial charge is 0.240 e. The van der Waals surface area contributed by atoms with Gasteiger partial charge in [0.2, 0.25) is 5.91 Å². The highest BCUT2D eigenvalue weighted by molar-refractivity contribution is 8.06. The first-order valence-electron chi connectivity index (χ1n) is 6.43. The summed E-state index contributed by atoms with van der Waals surface area (Å²) in [5, 5.41) is 7.09. The van der Waals surface area contributed by atoms with E-state index >= 15 is 0 Å². The van der Waals surface area contributed by atoms with E-state index in [4.69, 9.17) is 0 Å². The molecule has 2 aliphatic rings. The van der Waals surface area contributed by atoms with E-state index in [0.717, 1.165) is 25.9 Å². The van der Waals surface area contributed by atoms with Crippen molar-refractivity contribution in [3.8, 4) is 0 Å². The summed E-state index contributed by atoms with van der Waals surface area (Å²) < 4.78 is 0. The van der Waals surface area contributed by atoms with Crippen LogP contribution in [0.5, 0.6) is 0 Å². The molecule has 1 amide bonds. The molecule has 2 unspecified atom stereocenters. The van der Waals surface area contributed by atoms with Crippen molar-refractivity contribution in [3.63, 3.8) is 0 Å².